The zero-order valence-electron chi connectivity index (χ0n) is 24.2. The summed E-state index contributed by atoms with van der Waals surface area (Å²) in [5, 5.41) is 20.3. The molecule has 2 unspecified atom stereocenters. The number of carbonyl (C=O) groups is 2. The van der Waals surface area contributed by atoms with Gasteiger partial charge in [0.05, 0.1) is 31.5 Å². The molecular formula is C33H38N4O4S. The van der Waals surface area contributed by atoms with Gasteiger partial charge in [-0.15, -0.1) is 11.3 Å². The summed E-state index contributed by atoms with van der Waals surface area (Å²) in [6, 6.07) is 23.6. The number of ether oxygens (including phenoxy) is 1. The number of benzene rings is 3. The van der Waals surface area contributed by atoms with Crippen LogP contribution in [0.25, 0.3) is 0 Å². The summed E-state index contributed by atoms with van der Waals surface area (Å²) < 4.78 is 5.29. The maximum absolute atomic E-state index is 13.4. The van der Waals surface area contributed by atoms with Gasteiger partial charge < -0.3 is 25.4 Å². The molecule has 3 aromatic carbocycles. The van der Waals surface area contributed by atoms with E-state index in [2.05, 4.69) is 15.6 Å². The minimum absolute atomic E-state index is 0.194. The molecule has 9 heteroatoms. The topological polar surface area (TPSA) is 104 Å². The third-order valence-corrected chi connectivity index (χ3v) is 7.83. The maximum atomic E-state index is 13.4. The van der Waals surface area contributed by atoms with Crippen molar-refractivity contribution in [1.82, 2.24) is 20.5 Å². The van der Waals surface area contributed by atoms with Gasteiger partial charge in [-0.2, -0.15) is 0 Å². The van der Waals surface area contributed by atoms with Crippen molar-refractivity contribution < 1.29 is 19.4 Å². The van der Waals surface area contributed by atoms with E-state index in [1.807, 2.05) is 66.9 Å². The molecule has 0 aliphatic heterocycles. The lowest BCUT2D eigenvalue weighted by molar-refractivity contribution is 0.0784. The first kappa shape index (κ1) is 30.9. The summed E-state index contributed by atoms with van der Waals surface area (Å²) >= 11 is 1.54. The number of hydrogen-bond donors (Lipinski definition) is 3. The fourth-order valence-electron chi connectivity index (χ4n) is 4.56. The van der Waals surface area contributed by atoms with E-state index in [1.165, 1.54) is 11.3 Å². The summed E-state index contributed by atoms with van der Waals surface area (Å²) in [5.41, 5.74) is 3.80. The van der Waals surface area contributed by atoms with Crippen LogP contribution in [0, 0.1) is 0 Å². The first-order chi connectivity index (χ1) is 20.4. The molecule has 0 saturated heterocycles. The van der Waals surface area contributed by atoms with E-state index in [0.717, 1.165) is 34.0 Å². The van der Waals surface area contributed by atoms with E-state index in [9.17, 15) is 14.7 Å². The molecule has 0 radical (unpaired) electrons. The molecule has 4 aromatic rings. The van der Waals surface area contributed by atoms with E-state index in [1.54, 1.807) is 43.3 Å². The molecule has 1 aromatic heterocycles. The molecule has 0 fully saturated rings. The zero-order chi connectivity index (χ0) is 29.9. The molecule has 0 saturated carbocycles. The normalized spacial score (nSPS) is 12.4. The zero-order valence-corrected chi connectivity index (χ0v) is 25.1. The Morgan fingerprint density at radius 3 is 2.48 bits per heavy atom. The van der Waals surface area contributed by atoms with Crippen LogP contribution in [0.2, 0.25) is 0 Å². The van der Waals surface area contributed by atoms with E-state index in [4.69, 9.17) is 4.74 Å². The predicted octanol–water partition coefficient (Wildman–Crippen LogP) is 4.48. The van der Waals surface area contributed by atoms with Crippen LogP contribution in [-0.2, 0) is 25.9 Å². The second-order valence-corrected chi connectivity index (χ2v) is 11.1. The molecule has 0 bridgehead atoms. The summed E-state index contributed by atoms with van der Waals surface area (Å²) in [6.45, 7) is 3.26. The Hall–Kier alpha value is -4.05. The van der Waals surface area contributed by atoms with Crippen molar-refractivity contribution in [2.75, 3.05) is 20.7 Å². The van der Waals surface area contributed by atoms with Gasteiger partial charge in [-0.1, -0.05) is 55.5 Å². The van der Waals surface area contributed by atoms with Gasteiger partial charge in [0.2, 0.25) is 0 Å². The van der Waals surface area contributed by atoms with Crippen LogP contribution in [0.15, 0.2) is 84.2 Å². The molecule has 0 spiro atoms. The average molecular weight is 587 g/mol. The monoisotopic (exact) mass is 586 g/mol. The van der Waals surface area contributed by atoms with Gasteiger partial charge in [-0.05, 0) is 54.3 Å². The Labute approximate surface area is 251 Å². The number of methoxy groups -OCH3 is 1. The standard InChI is InChI=1S/C33H38N4O4S/c1-4-27-22-42-31(35-27)21-37(2)33(40)26-14-9-13-25(18-26)32(39)36-29(17-23-10-6-5-7-11-23)30(38)20-34-19-24-12-8-15-28(16-24)41-3/h5-16,18,22,29-30,34,38H,4,17,19-21H2,1-3H3,(H,36,39). The number of amides is 2. The number of aromatic nitrogens is 1. The van der Waals surface area contributed by atoms with Crippen molar-refractivity contribution >= 4 is 23.2 Å². The number of nitrogens with zero attached hydrogens (tertiary/aromatic N) is 2. The van der Waals surface area contributed by atoms with Crippen molar-refractivity contribution in [2.45, 2.75) is 45.0 Å². The Balaban J connectivity index is 1.42. The van der Waals surface area contributed by atoms with Gasteiger partial charge in [0.15, 0.2) is 0 Å². The van der Waals surface area contributed by atoms with E-state index in [-0.39, 0.29) is 18.4 Å². The van der Waals surface area contributed by atoms with Gasteiger partial charge in [0.25, 0.3) is 11.8 Å². The Bertz CT molecular complexity index is 1460. The van der Waals surface area contributed by atoms with Crippen LogP contribution in [0.5, 0.6) is 5.75 Å². The molecule has 0 aliphatic rings. The van der Waals surface area contributed by atoms with Gasteiger partial charge >= 0.3 is 0 Å². The number of thiazole rings is 1. The lowest BCUT2D eigenvalue weighted by atomic mass is 10.00. The predicted molar refractivity (Wildman–Crippen MR) is 166 cm³/mol. The average Bonchev–Trinajstić information content (AvgIpc) is 3.48. The smallest absolute Gasteiger partial charge is 0.253 e. The van der Waals surface area contributed by atoms with Gasteiger partial charge in [0, 0.05) is 36.6 Å². The SMILES string of the molecule is CCc1csc(CN(C)C(=O)c2cccc(C(=O)NC(Cc3ccccc3)C(O)CNCc3cccc(OC)c3)c2)n1. The van der Waals surface area contributed by atoms with Crippen LogP contribution < -0.4 is 15.4 Å². The van der Waals surface area contributed by atoms with Gasteiger partial charge in [0.1, 0.15) is 10.8 Å². The number of hydrogen-bond acceptors (Lipinski definition) is 7. The van der Waals surface area contributed by atoms with E-state index >= 15 is 0 Å². The van der Waals surface area contributed by atoms with E-state index < -0.39 is 12.1 Å². The number of aliphatic hydroxyl groups excluding tert-OH is 1. The van der Waals surface area contributed by atoms with Crippen LogP contribution in [-0.4, -0.2) is 59.7 Å². The molecule has 42 heavy (non-hydrogen) atoms. The molecule has 3 N–H and O–H groups in total. The fraction of sp³-hybridized carbons (Fsp3) is 0.303. The van der Waals surface area contributed by atoms with Crippen LogP contribution in [0.1, 0.15) is 49.5 Å². The quantitative estimate of drug-likeness (QED) is 0.201. The Morgan fingerprint density at radius 1 is 1.00 bits per heavy atom. The molecule has 2 amide bonds. The van der Waals surface area contributed by atoms with Gasteiger partial charge in [-0.25, -0.2) is 4.98 Å². The summed E-state index contributed by atoms with van der Waals surface area (Å²) in [7, 11) is 3.36. The molecule has 2 atom stereocenters. The van der Waals surface area contributed by atoms with E-state index in [0.29, 0.717) is 30.6 Å². The van der Waals surface area contributed by atoms with Crippen molar-refractivity contribution in [2.24, 2.45) is 0 Å². The molecule has 1 heterocycles. The molecular weight excluding hydrogens is 548 g/mol. The number of carbonyl (C=O) groups excluding carboxylic acids is 2. The van der Waals surface area contributed by atoms with Crippen LogP contribution in [0.4, 0.5) is 0 Å². The molecule has 4 rings (SSSR count). The molecule has 8 nitrogen and oxygen atoms in total. The summed E-state index contributed by atoms with van der Waals surface area (Å²) in [4.78, 5) is 32.7. The fourth-order valence-corrected chi connectivity index (χ4v) is 5.49. The second-order valence-electron chi connectivity index (χ2n) is 10.1. The highest BCUT2D eigenvalue weighted by atomic mass is 32.1. The lowest BCUT2D eigenvalue weighted by Crippen LogP contribution is -2.48. The first-order valence-corrected chi connectivity index (χ1v) is 14.9. The molecule has 220 valence electrons. The minimum atomic E-state index is -0.859. The lowest BCUT2D eigenvalue weighted by Gasteiger charge is -2.25. The first-order valence-electron chi connectivity index (χ1n) is 14.0. The minimum Gasteiger partial charge on any atom is -0.497 e. The second kappa shape index (κ2) is 15.3. The van der Waals surface area contributed by atoms with Crippen molar-refractivity contribution in [1.29, 1.82) is 0 Å². The highest BCUT2D eigenvalue weighted by molar-refractivity contribution is 7.09. The van der Waals surface area contributed by atoms with Crippen LogP contribution >= 0.6 is 11.3 Å². The van der Waals surface area contributed by atoms with Crippen molar-refractivity contribution in [3.63, 3.8) is 0 Å². The van der Waals surface area contributed by atoms with Crippen molar-refractivity contribution in [3.8, 4) is 5.75 Å². The highest BCUT2D eigenvalue weighted by Gasteiger charge is 2.23. The summed E-state index contributed by atoms with van der Waals surface area (Å²) in [5.74, 6) is 0.220. The Morgan fingerprint density at radius 2 is 1.74 bits per heavy atom. The number of nitrogens with one attached hydrogen (secondary N) is 2. The number of aliphatic hydroxyl groups is 1. The molecule has 0 aliphatic carbocycles. The third-order valence-electron chi connectivity index (χ3n) is 6.95. The summed E-state index contributed by atoms with van der Waals surface area (Å²) in [6.07, 6.45) is 0.439. The van der Waals surface area contributed by atoms with Crippen LogP contribution in [0.3, 0.4) is 0 Å². The highest BCUT2D eigenvalue weighted by Crippen LogP contribution is 2.16. The maximum Gasteiger partial charge on any atom is 0.253 e. The number of rotatable bonds is 14. The third kappa shape index (κ3) is 8.72. The Kier molecular flexibility index (Phi) is 11.2. The van der Waals surface area contributed by atoms with Gasteiger partial charge in [-0.3, -0.25) is 9.59 Å². The number of aryl methyl sites for hydroxylation is 1. The largest absolute Gasteiger partial charge is 0.497 e. The van der Waals surface area contributed by atoms with Crippen molar-refractivity contribution in [3.05, 3.63) is 117 Å².